The summed E-state index contributed by atoms with van der Waals surface area (Å²) < 4.78 is 47.7. The predicted molar refractivity (Wildman–Crippen MR) is 82.0 cm³/mol. The fraction of sp³-hybridized carbons (Fsp3) is 0.533. The lowest BCUT2D eigenvalue weighted by atomic mass is 10.1. The first kappa shape index (κ1) is 17.8. The minimum Gasteiger partial charge on any atom is -0.338 e. The van der Waals surface area contributed by atoms with Gasteiger partial charge in [-0.25, -0.2) is 8.42 Å². The molecule has 0 aromatic heterocycles. The average Bonchev–Trinajstić information content (AvgIpc) is 2.96. The number of sulfone groups is 1. The second-order valence-electron chi connectivity index (χ2n) is 5.57. The van der Waals surface area contributed by atoms with Crippen molar-refractivity contribution in [1.82, 2.24) is 10.2 Å². The van der Waals surface area contributed by atoms with Gasteiger partial charge >= 0.3 is 5.76 Å². The largest absolute Gasteiger partial charge is 0.341 e. The number of rotatable bonds is 6. The van der Waals surface area contributed by atoms with Crippen molar-refractivity contribution >= 4 is 15.7 Å². The first-order valence-corrected chi connectivity index (χ1v) is 8.96. The zero-order valence-corrected chi connectivity index (χ0v) is 13.7. The van der Waals surface area contributed by atoms with Crippen molar-refractivity contribution in [2.45, 2.75) is 36.0 Å². The van der Waals surface area contributed by atoms with Crippen LogP contribution in [0.2, 0.25) is 0 Å². The number of alkyl halides is 2. The van der Waals surface area contributed by atoms with Gasteiger partial charge in [-0.1, -0.05) is 12.1 Å². The van der Waals surface area contributed by atoms with Crippen molar-refractivity contribution in [3.05, 3.63) is 29.8 Å². The van der Waals surface area contributed by atoms with Crippen LogP contribution in [0.4, 0.5) is 8.78 Å². The van der Waals surface area contributed by atoms with Crippen LogP contribution in [0, 0.1) is 0 Å². The predicted octanol–water partition coefficient (Wildman–Crippen LogP) is 1.44. The Balaban J connectivity index is 2.05. The number of carbonyl (C=O) groups is 1. The van der Waals surface area contributed by atoms with Crippen molar-refractivity contribution in [2.24, 2.45) is 0 Å². The third kappa shape index (κ3) is 4.06. The Hall–Kier alpha value is -1.54. The highest BCUT2D eigenvalue weighted by molar-refractivity contribution is 7.91. The lowest BCUT2D eigenvalue weighted by molar-refractivity contribution is -0.131. The molecular formula is C15H20F2N2O3S. The Morgan fingerprint density at radius 2 is 2.00 bits per heavy atom. The number of nitrogens with one attached hydrogen (secondary N) is 1. The highest BCUT2D eigenvalue weighted by Crippen LogP contribution is 2.21. The first-order chi connectivity index (χ1) is 10.9. The first-order valence-electron chi connectivity index (χ1n) is 7.41. The normalized spacial score (nSPS) is 18.6. The minimum absolute atomic E-state index is 0.0350. The van der Waals surface area contributed by atoms with E-state index in [9.17, 15) is 22.0 Å². The molecule has 1 fully saturated rings. The van der Waals surface area contributed by atoms with Gasteiger partial charge in [-0.3, -0.25) is 4.79 Å². The molecule has 1 aromatic rings. The maximum absolute atomic E-state index is 12.5. The molecule has 1 N–H and O–H groups in total. The number of likely N-dealkylation sites (tertiary alicyclic amines) is 1. The number of amides is 1. The number of hydrogen-bond donors (Lipinski definition) is 1. The van der Waals surface area contributed by atoms with Gasteiger partial charge in [-0.2, -0.15) is 8.78 Å². The summed E-state index contributed by atoms with van der Waals surface area (Å²) in [5, 5.41) is 3.06. The third-order valence-electron chi connectivity index (χ3n) is 3.98. The van der Waals surface area contributed by atoms with E-state index in [1.54, 1.807) is 0 Å². The summed E-state index contributed by atoms with van der Waals surface area (Å²) in [5.74, 6) is -3.48. The fourth-order valence-corrected chi connectivity index (χ4v) is 3.51. The lowest BCUT2D eigenvalue weighted by Crippen LogP contribution is -2.41. The molecule has 5 nitrogen and oxygen atoms in total. The molecule has 1 unspecified atom stereocenters. The number of nitrogens with zero attached hydrogens (tertiary/aromatic N) is 1. The highest BCUT2D eigenvalue weighted by Gasteiger charge is 2.29. The summed E-state index contributed by atoms with van der Waals surface area (Å²) >= 11 is 0. The average molecular weight is 346 g/mol. The van der Waals surface area contributed by atoms with E-state index in [1.165, 1.54) is 12.1 Å². The Kier molecular flexibility index (Phi) is 5.69. The van der Waals surface area contributed by atoms with E-state index in [1.807, 2.05) is 11.9 Å². The molecule has 128 valence electrons. The molecule has 1 atom stereocenters. The molecule has 1 aliphatic rings. The van der Waals surface area contributed by atoms with Crippen LogP contribution in [-0.4, -0.2) is 51.2 Å². The van der Waals surface area contributed by atoms with Crippen molar-refractivity contribution in [3.63, 3.8) is 0 Å². The third-order valence-corrected chi connectivity index (χ3v) is 5.38. The van der Waals surface area contributed by atoms with Crippen molar-refractivity contribution in [1.29, 1.82) is 0 Å². The van der Waals surface area contributed by atoms with Crippen LogP contribution < -0.4 is 5.32 Å². The van der Waals surface area contributed by atoms with Crippen LogP contribution in [0.3, 0.4) is 0 Å². The molecule has 1 heterocycles. The zero-order chi connectivity index (χ0) is 17.0. The Bertz CT molecular complexity index is 647. The zero-order valence-electron chi connectivity index (χ0n) is 12.8. The van der Waals surface area contributed by atoms with Crippen LogP contribution in [-0.2, 0) is 21.1 Å². The monoisotopic (exact) mass is 346 g/mol. The summed E-state index contributed by atoms with van der Waals surface area (Å²) in [6.07, 6.45) is 2.05. The second kappa shape index (κ2) is 7.35. The molecule has 1 amide bonds. The van der Waals surface area contributed by atoms with Crippen LogP contribution in [0.1, 0.15) is 18.4 Å². The van der Waals surface area contributed by atoms with Gasteiger partial charge in [0.15, 0.2) is 0 Å². The minimum atomic E-state index is -4.59. The Morgan fingerprint density at radius 1 is 1.35 bits per heavy atom. The SMILES string of the molecule is CNCC1CCCN1C(=O)Cc1ccc(S(=O)(=O)C(F)F)cc1. The standard InChI is InChI=1S/C15H20F2N2O3S/c1-18-10-12-3-2-8-19(12)14(20)9-11-4-6-13(7-5-11)23(21,22)15(16)17/h4-7,12,15,18H,2-3,8-10H2,1H3. The van der Waals surface area contributed by atoms with Crippen LogP contribution in [0.15, 0.2) is 29.2 Å². The quantitative estimate of drug-likeness (QED) is 0.846. The van der Waals surface area contributed by atoms with Crippen molar-refractivity contribution in [3.8, 4) is 0 Å². The molecule has 0 bridgehead atoms. The van der Waals surface area contributed by atoms with Gasteiger partial charge in [0.1, 0.15) is 0 Å². The molecule has 0 radical (unpaired) electrons. The Labute approximate surface area is 134 Å². The van der Waals surface area contributed by atoms with Gasteiger partial charge in [0.05, 0.1) is 11.3 Å². The van der Waals surface area contributed by atoms with Gasteiger partial charge in [-0.15, -0.1) is 0 Å². The van der Waals surface area contributed by atoms with Gasteiger partial charge in [-0.05, 0) is 37.6 Å². The van der Waals surface area contributed by atoms with Crippen LogP contribution >= 0.6 is 0 Å². The van der Waals surface area contributed by atoms with E-state index in [0.29, 0.717) is 12.1 Å². The van der Waals surface area contributed by atoms with Gasteiger partial charge in [0.25, 0.3) is 0 Å². The van der Waals surface area contributed by atoms with Gasteiger partial charge < -0.3 is 10.2 Å². The molecule has 1 aliphatic heterocycles. The molecule has 23 heavy (non-hydrogen) atoms. The molecule has 1 aromatic carbocycles. The van der Waals surface area contributed by atoms with Crippen LogP contribution in [0.5, 0.6) is 0 Å². The maximum atomic E-state index is 12.5. The number of halogens is 2. The van der Waals surface area contributed by atoms with E-state index < -0.39 is 20.5 Å². The van der Waals surface area contributed by atoms with Gasteiger partial charge in [0, 0.05) is 19.1 Å². The summed E-state index contributed by atoms with van der Waals surface area (Å²) in [4.78, 5) is 13.7. The molecule has 8 heteroatoms. The smallest absolute Gasteiger partial charge is 0.338 e. The van der Waals surface area contributed by atoms with E-state index in [0.717, 1.165) is 31.5 Å². The summed E-state index contributed by atoms with van der Waals surface area (Å²) in [5.41, 5.74) is 0.610. The molecule has 0 saturated carbocycles. The van der Waals surface area contributed by atoms with E-state index in [2.05, 4.69) is 5.32 Å². The summed E-state index contributed by atoms with van der Waals surface area (Å²) in [6, 6.07) is 5.25. The Morgan fingerprint density at radius 3 is 2.57 bits per heavy atom. The molecule has 1 saturated heterocycles. The van der Waals surface area contributed by atoms with E-state index in [-0.39, 0.29) is 18.4 Å². The number of benzene rings is 1. The molecule has 2 rings (SSSR count). The number of likely N-dealkylation sites (N-methyl/N-ethyl adjacent to an activating group) is 1. The molecule has 0 spiro atoms. The summed E-state index contributed by atoms with van der Waals surface area (Å²) in [6.45, 7) is 1.44. The molecular weight excluding hydrogens is 326 g/mol. The van der Waals surface area contributed by atoms with E-state index >= 15 is 0 Å². The van der Waals surface area contributed by atoms with Crippen molar-refractivity contribution in [2.75, 3.05) is 20.1 Å². The van der Waals surface area contributed by atoms with E-state index in [4.69, 9.17) is 0 Å². The summed E-state index contributed by atoms with van der Waals surface area (Å²) in [7, 11) is -2.75. The highest BCUT2D eigenvalue weighted by atomic mass is 32.2. The van der Waals surface area contributed by atoms with Crippen molar-refractivity contribution < 1.29 is 22.0 Å². The van der Waals surface area contributed by atoms with Gasteiger partial charge in [0.2, 0.25) is 15.7 Å². The fourth-order valence-electron chi connectivity index (χ4n) is 2.79. The molecule has 0 aliphatic carbocycles. The number of hydrogen-bond acceptors (Lipinski definition) is 4. The maximum Gasteiger partial charge on any atom is 0.341 e. The number of carbonyl (C=O) groups excluding carboxylic acids is 1. The second-order valence-corrected chi connectivity index (χ2v) is 7.49. The topological polar surface area (TPSA) is 66.5 Å². The lowest BCUT2D eigenvalue weighted by Gasteiger charge is -2.24. The van der Waals surface area contributed by atoms with Crippen LogP contribution in [0.25, 0.3) is 0 Å².